The third kappa shape index (κ3) is 4.22. The first-order valence-corrected chi connectivity index (χ1v) is 11.1. The Morgan fingerprint density at radius 3 is 2.46 bits per heavy atom. The Balaban J connectivity index is 2.12. The van der Waals surface area contributed by atoms with Crippen molar-refractivity contribution in [1.82, 2.24) is 9.55 Å². The van der Waals surface area contributed by atoms with Gasteiger partial charge in [0.25, 0.3) is 0 Å². The lowest BCUT2D eigenvalue weighted by Gasteiger charge is -2.37. The van der Waals surface area contributed by atoms with Crippen LogP contribution in [0.4, 0.5) is 4.39 Å². The summed E-state index contributed by atoms with van der Waals surface area (Å²) >= 11 is 0. The zero-order chi connectivity index (χ0) is 18.0. The summed E-state index contributed by atoms with van der Waals surface area (Å²) in [6.45, 7) is 15.7. The Kier molecular flexibility index (Phi) is 5.45. The van der Waals surface area contributed by atoms with E-state index in [0.717, 1.165) is 11.3 Å². The third-order valence-electron chi connectivity index (χ3n) is 4.82. The molecule has 2 aromatic rings. The minimum Gasteiger partial charge on any atom is -0.414 e. The van der Waals surface area contributed by atoms with E-state index in [4.69, 9.17) is 4.43 Å². The highest BCUT2D eigenvalue weighted by Crippen LogP contribution is 2.37. The fourth-order valence-electron chi connectivity index (χ4n) is 2.07. The Morgan fingerprint density at radius 1 is 1.29 bits per heavy atom. The molecule has 0 N–H and O–H groups in total. The molecule has 0 saturated carbocycles. The van der Waals surface area contributed by atoms with E-state index < -0.39 is 8.32 Å². The van der Waals surface area contributed by atoms with Crippen molar-refractivity contribution in [3.8, 4) is 11.3 Å². The van der Waals surface area contributed by atoms with Crippen LogP contribution >= 0.6 is 0 Å². The van der Waals surface area contributed by atoms with Gasteiger partial charge in [-0.3, -0.25) is 0 Å². The van der Waals surface area contributed by atoms with Crippen molar-refractivity contribution in [2.75, 3.05) is 6.61 Å². The number of nitrogens with zero attached hydrogens (tertiary/aromatic N) is 2. The maximum Gasteiger partial charge on any atom is 0.192 e. The van der Waals surface area contributed by atoms with Crippen LogP contribution in [0.15, 0.2) is 49.4 Å². The average molecular weight is 347 g/mol. The van der Waals surface area contributed by atoms with Crippen molar-refractivity contribution in [3.05, 3.63) is 55.3 Å². The van der Waals surface area contributed by atoms with Crippen LogP contribution in [-0.4, -0.2) is 24.5 Å². The van der Waals surface area contributed by atoms with Crippen LogP contribution in [0.2, 0.25) is 18.1 Å². The molecule has 0 aliphatic rings. The Hall–Kier alpha value is -1.72. The van der Waals surface area contributed by atoms with E-state index in [9.17, 15) is 4.39 Å². The number of imidazole rings is 1. The zero-order valence-corrected chi connectivity index (χ0v) is 16.2. The van der Waals surface area contributed by atoms with Gasteiger partial charge in [0.2, 0.25) is 0 Å². The maximum atomic E-state index is 13.0. The SMILES string of the molecule is C=C[C@@H](CO[Si](C)(C)C(C)(C)C)n1cnc(-c2ccc(F)cc2)c1. The molecule has 1 atom stereocenters. The van der Waals surface area contributed by atoms with Crippen molar-refractivity contribution in [1.29, 1.82) is 0 Å². The molecule has 0 radical (unpaired) electrons. The summed E-state index contributed by atoms with van der Waals surface area (Å²) in [5, 5.41) is 0.174. The van der Waals surface area contributed by atoms with Gasteiger partial charge >= 0.3 is 0 Å². The van der Waals surface area contributed by atoms with Gasteiger partial charge < -0.3 is 8.99 Å². The molecule has 0 amide bonds. The lowest BCUT2D eigenvalue weighted by Crippen LogP contribution is -2.42. The second-order valence-corrected chi connectivity index (χ2v) is 12.4. The first kappa shape index (κ1) is 18.6. The minimum absolute atomic E-state index is 0.0285. The molecule has 130 valence electrons. The van der Waals surface area contributed by atoms with E-state index in [1.54, 1.807) is 18.5 Å². The molecule has 0 fully saturated rings. The molecule has 0 aliphatic carbocycles. The van der Waals surface area contributed by atoms with Gasteiger partial charge in [-0.25, -0.2) is 9.37 Å². The predicted octanol–water partition coefficient (Wildman–Crippen LogP) is 5.44. The van der Waals surface area contributed by atoms with E-state index in [1.165, 1.54) is 12.1 Å². The number of benzene rings is 1. The van der Waals surface area contributed by atoms with Gasteiger partial charge in [-0.15, -0.1) is 6.58 Å². The van der Waals surface area contributed by atoms with Gasteiger partial charge in [0.15, 0.2) is 8.32 Å². The van der Waals surface area contributed by atoms with Crippen molar-refractivity contribution in [2.24, 2.45) is 0 Å². The Labute approximate surface area is 145 Å². The molecule has 0 saturated heterocycles. The van der Waals surface area contributed by atoms with Gasteiger partial charge in [-0.05, 0) is 42.4 Å². The topological polar surface area (TPSA) is 27.1 Å². The molecule has 0 aliphatic heterocycles. The first-order valence-electron chi connectivity index (χ1n) is 8.20. The molecule has 1 heterocycles. The van der Waals surface area contributed by atoms with Gasteiger partial charge in [-0.2, -0.15) is 0 Å². The summed E-state index contributed by atoms with van der Waals surface area (Å²) < 4.78 is 21.3. The van der Waals surface area contributed by atoms with E-state index in [2.05, 4.69) is 45.4 Å². The van der Waals surface area contributed by atoms with Gasteiger partial charge in [0.1, 0.15) is 5.82 Å². The second-order valence-electron chi connectivity index (χ2n) is 7.59. The average Bonchev–Trinajstić information content (AvgIpc) is 2.97. The van der Waals surface area contributed by atoms with Crippen molar-refractivity contribution < 1.29 is 8.82 Å². The van der Waals surface area contributed by atoms with Gasteiger partial charge in [0.05, 0.1) is 24.7 Å². The molecule has 0 bridgehead atoms. The number of rotatable bonds is 6. The second kappa shape index (κ2) is 7.03. The van der Waals surface area contributed by atoms with E-state index in [-0.39, 0.29) is 16.9 Å². The number of halogens is 1. The number of hydrogen-bond donors (Lipinski definition) is 0. The highest BCUT2D eigenvalue weighted by molar-refractivity contribution is 6.74. The molecule has 5 heteroatoms. The van der Waals surface area contributed by atoms with Crippen LogP contribution < -0.4 is 0 Å². The Bertz CT molecular complexity index is 686. The smallest absolute Gasteiger partial charge is 0.192 e. The van der Waals surface area contributed by atoms with Crippen molar-refractivity contribution in [3.63, 3.8) is 0 Å². The minimum atomic E-state index is -1.80. The van der Waals surface area contributed by atoms with Crippen molar-refractivity contribution in [2.45, 2.75) is 44.9 Å². The fourth-order valence-corrected chi connectivity index (χ4v) is 3.09. The van der Waals surface area contributed by atoms with E-state index in [0.29, 0.717) is 6.61 Å². The normalized spacial score (nSPS) is 13.8. The predicted molar refractivity (Wildman–Crippen MR) is 100 cm³/mol. The third-order valence-corrected chi connectivity index (χ3v) is 9.32. The molecule has 1 aromatic carbocycles. The molecule has 0 spiro atoms. The zero-order valence-electron chi connectivity index (χ0n) is 15.2. The van der Waals surface area contributed by atoms with E-state index in [1.807, 2.05) is 16.8 Å². The quantitative estimate of drug-likeness (QED) is 0.514. The van der Waals surface area contributed by atoms with E-state index >= 15 is 0 Å². The van der Waals surface area contributed by atoms with Crippen LogP contribution in [0.3, 0.4) is 0 Å². The largest absolute Gasteiger partial charge is 0.414 e. The molecule has 24 heavy (non-hydrogen) atoms. The fraction of sp³-hybridized carbons (Fsp3) is 0.421. The van der Waals surface area contributed by atoms with Gasteiger partial charge in [0, 0.05) is 11.8 Å². The summed E-state index contributed by atoms with van der Waals surface area (Å²) in [5.41, 5.74) is 1.71. The molecule has 0 unspecified atom stereocenters. The Morgan fingerprint density at radius 2 is 1.92 bits per heavy atom. The molecule has 1 aromatic heterocycles. The number of aromatic nitrogens is 2. The molecular formula is C19H27FN2OSi. The molecular weight excluding hydrogens is 319 g/mol. The van der Waals surface area contributed by atoms with Crippen LogP contribution in [-0.2, 0) is 4.43 Å². The highest BCUT2D eigenvalue weighted by Gasteiger charge is 2.37. The van der Waals surface area contributed by atoms with Gasteiger partial charge in [-0.1, -0.05) is 26.8 Å². The summed E-state index contributed by atoms with van der Waals surface area (Å²) in [7, 11) is -1.80. The molecule has 3 nitrogen and oxygen atoms in total. The lowest BCUT2D eigenvalue weighted by atomic mass is 10.2. The maximum absolute atomic E-state index is 13.0. The van der Waals surface area contributed by atoms with Crippen LogP contribution in [0.25, 0.3) is 11.3 Å². The summed E-state index contributed by atoms with van der Waals surface area (Å²) in [4.78, 5) is 4.43. The van der Waals surface area contributed by atoms with Crippen LogP contribution in [0.1, 0.15) is 26.8 Å². The number of hydrogen-bond acceptors (Lipinski definition) is 2. The van der Waals surface area contributed by atoms with Crippen LogP contribution in [0.5, 0.6) is 0 Å². The molecule has 2 rings (SSSR count). The lowest BCUT2D eigenvalue weighted by molar-refractivity contribution is 0.252. The summed E-state index contributed by atoms with van der Waals surface area (Å²) in [6.07, 6.45) is 5.61. The monoisotopic (exact) mass is 346 g/mol. The standard InChI is InChI=1S/C19H27FN2OSi/c1-7-17(13-23-24(5,6)19(2,3)4)22-12-18(21-14-22)15-8-10-16(20)11-9-15/h7-12,14,17H,1,13H2,2-6H3/t17-/m0/s1. The summed E-state index contributed by atoms with van der Waals surface area (Å²) in [5.74, 6) is -0.245. The highest BCUT2D eigenvalue weighted by atomic mass is 28.4. The van der Waals surface area contributed by atoms with Crippen molar-refractivity contribution >= 4 is 8.32 Å². The summed E-state index contributed by atoms with van der Waals surface area (Å²) in [6, 6.07) is 6.38. The first-order chi connectivity index (χ1) is 11.1. The van der Waals surface area contributed by atoms with Crippen LogP contribution in [0, 0.1) is 5.82 Å².